The summed E-state index contributed by atoms with van der Waals surface area (Å²) in [6, 6.07) is 0. The fraction of sp³-hybridized carbons (Fsp3) is 0.545. The van der Waals surface area contributed by atoms with Crippen molar-refractivity contribution in [1.29, 1.82) is 0 Å². The molecular formula is C11H16ClN3O2S. The van der Waals surface area contributed by atoms with Crippen molar-refractivity contribution in [2.75, 3.05) is 33.4 Å². The normalized spacial score (nSPS) is 11.8. The summed E-state index contributed by atoms with van der Waals surface area (Å²) in [4.78, 5) is 7.28. The maximum absolute atomic E-state index is 9.07. The molecule has 2 aromatic rings. The Morgan fingerprint density at radius 3 is 3.11 bits per heavy atom. The highest BCUT2D eigenvalue weighted by molar-refractivity contribution is 7.15. The number of fused-ring (bicyclic) bond motifs is 1. The van der Waals surface area contributed by atoms with Gasteiger partial charge in [-0.05, 0) is 0 Å². The van der Waals surface area contributed by atoms with Crippen LogP contribution in [0.25, 0.3) is 4.96 Å². The quantitative estimate of drug-likeness (QED) is 0.839. The lowest BCUT2D eigenvalue weighted by Crippen LogP contribution is -2.30. The van der Waals surface area contributed by atoms with Crippen LogP contribution < -0.4 is 0 Å². The first-order valence-corrected chi connectivity index (χ1v) is 6.94. The van der Waals surface area contributed by atoms with Crippen LogP contribution in [0.1, 0.15) is 5.69 Å². The summed E-state index contributed by atoms with van der Waals surface area (Å²) in [5, 5.41) is 11.6. The van der Waals surface area contributed by atoms with E-state index in [0.29, 0.717) is 24.8 Å². The van der Waals surface area contributed by atoms with Gasteiger partial charge in [-0.15, -0.1) is 11.3 Å². The van der Waals surface area contributed by atoms with Gasteiger partial charge in [-0.25, -0.2) is 4.98 Å². The van der Waals surface area contributed by atoms with E-state index in [2.05, 4.69) is 9.88 Å². The van der Waals surface area contributed by atoms with Gasteiger partial charge in [0.2, 0.25) is 0 Å². The van der Waals surface area contributed by atoms with Crippen LogP contribution in [0, 0.1) is 0 Å². The SMILES string of the molecule is COCCN(CCO)Cc1c(Cl)nc2sccn12. The minimum absolute atomic E-state index is 0.118. The summed E-state index contributed by atoms with van der Waals surface area (Å²) in [6.07, 6.45) is 1.96. The third-order valence-corrected chi connectivity index (χ3v) is 3.77. The van der Waals surface area contributed by atoms with Gasteiger partial charge in [0.25, 0.3) is 0 Å². The van der Waals surface area contributed by atoms with Crippen molar-refractivity contribution in [3.05, 3.63) is 22.4 Å². The van der Waals surface area contributed by atoms with Gasteiger partial charge >= 0.3 is 0 Å². The molecule has 0 amide bonds. The number of halogens is 1. The summed E-state index contributed by atoms with van der Waals surface area (Å²) in [6.45, 7) is 2.75. The van der Waals surface area contributed by atoms with Crippen LogP contribution >= 0.6 is 22.9 Å². The van der Waals surface area contributed by atoms with Gasteiger partial charge in [-0.2, -0.15) is 0 Å². The Kier molecular flexibility index (Phi) is 4.96. The molecule has 7 heteroatoms. The number of thiazole rings is 1. The Morgan fingerprint density at radius 2 is 2.39 bits per heavy atom. The van der Waals surface area contributed by atoms with Gasteiger partial charge in [0.05, 0.1) is 18.9 Å². The first kappa shape index (κ1) is 13.8. The number of ether oxygens (including phenoxy) is 1. The van der Waals surface area contributed by atoms with E-state index < -0.39 is 0 Å². The van der Waals surface area contributed by atoms with E-state index in [1.54, 1.807) is 18.4 Å². The second kappa shape index (κ2) is 6.49. The molecule has 5 nitrogen and oxygen atoms in total. The minimum atomic E-state index is 0.118. The predicted molar refractivity (Wildman–Crippen MR) is 72.3 cm³/mol. The number of hydrogen-bond donors (Lipinski definition) is 1. The zero-order valence-electron chi connectivity index (χ0n) is 10.2. The maximum atomic E-state index is 9.07. The molecule has 100 valence electrons. The van der Waals surface area contributed by atoms with Crippen molar-refractivity contribution in [2.45, 2.75) is 6.54 Å². The highest BCUT2D eigenvalue weighted by atomic mass is 35.5. The zero-order valence-corrected chi connectivity index (χ0v) is 11.7. The lowest BCUT2D eigenvalue weighted by Gasteiger charge is -2.20. The van der Waals surface area contributed by atoms with Crippen LogP contribution in [0.4, 0.5) is 0 Å². The fourth-order valence-electron chi connectivity index (χ4n) is 1.79. The first-order chi connectivity index (χ1) is 8.76. The molecule has 1 N–H and O–H groups in total. The van der Waals surface area contributed by atoms with Crippen molar-refractivity contribution >= 4 is 27.9 Å². The van der Waals surface area contributed by atoms with Crippen molar-refractivity contribution < 1.29 is 9.84 Å². The Bertz CT molecular complexity index is 499. The molecule has 2 heterocycles. The zero-order chi connectivity index (χ0) is 13.0. The van der Waals surface area contributed by atoms with E-state index in [4.69, 9.17) is 21.4 Å². The third-order valence-electron chi connectivity index (χ3n) is 2.71. The molecule has 0 spiro atoms. The van der Waals surface area contributed by atoms with E-state index >= 15 is 0 Å². The molecule has 0 aliphatic carbocycles. The predicted octanol–water partition coefficient (Wildman–Crippen LogP) is 1.49. The van der Waals surface area contributed by atoms with Gasteiger partial charge in [0, 0.05) is 38.3 Å². The highest BCUT2D eigenvalue weighted by Gasteiger charge is 2.14. The Morgan fingerprint density at radius 1 is 1.56 bits per heavy atom. The standard InChI is InChI=1S/C11H16ClN3O2S/c1-17-6-3-14(2-5-16)8-9-10(12)13-11-15(9)4-7-18-11/h4,7,16H,2-3,5-6,8H2,1H3. The van der Waals surface area contributed by atoms with Crippen LogP contribution in [-0.4, -0.2) is 52.8 Å². The Balaban J connectivity index is 2.13. The number of nitrogens with zero attached hydrogens (tertiary/aromatic N) is 3. The molecule has 0 aliphatic rings. The second-order valence-corrected chi connectivity index (χ2v) is 5.13. The molecule has 0 saturated heterocycles. The number of methoxy groups -OCH3 is 1. The van der Waals surface area contributed by atoms with E-state index in [-0.39, 0.29) is 6.61 Å². The van der Waals surface area contributed by atoms with E-state index in [0.717, 1.165) is 17.2 Å². The summed E-state index contributed by atoms with van der Waals surface area (Å²) < 4.78 is 7.05. The molecule has 0 aromatic carbocycles. The number of aliphatic hydroxyl groups excluding tert-OH is 1. The molecule has 2 rings (SSSR count). The number of aromatic nitrogens is 2. The number of hydrogen-bond acceptors (Lipinski definition) is 5. The average Bonchev–Trinajstić information content (AvgIpc) is 2.90. The van der Waals surface area contributed by atoms with Gasteiger partial charge in [-0.3, -0.25) is 9.30 Å². The molecule has 0 atom stereocenters. The molecule has 18 heavy (non-hydrogen) atoms. The molecule has 0 unspecified atom stereocenters. The maximum Gasteiger partial charge on any atom is 0.195 e. The van der Waals surface area contributed by atoms with Crippen molar-refractivity contribution in [1.82, 2.24) is 14.3 Å². The molecule has 0 radical (unpaired) electrons. The number of imidazole rings is 1. The fourth-order valence-corrected chi connectivity index (χ4v) is 2.81. The molecule has 0 saturated carbocycles. The summed E-state index contributed by atoms with van der Waals surface area (Å²) in [7, 11) is 1.67. The lowest BCUT2D eigenvalue weighted by atomic mass is 10.4. The summed E-state index contributed by atoms with van der Waals surface area (Å²) in [5.74, 6) is 0. The second-order valence-electron chi connectivity index (χ2n) is 3.90. The van der Waals surface area contributed by atoms with Crippen LogP contribution in [0.2, 0.25) is 5.15 Å². The number of rotatable bonds is 7. The monoisotopic (exact) mass is 289 g/mol. The molecular weight excluding hydrogens is 274 g/mol. The van der Waals surface area contributed by atoms with Crippen LogP contribution in [0.3, 0.4) is 0 Å². The van der Waals surface area contributed by atoms with Crippen LogP contribution in [-0.2, 0) is 11.3 Å². The third kappa shape index (κ3) is 3.02. The van der Waals surface area contributed by atoms with Gasteiger partial charge in [0.15, 0.2) is 10.1 Å². The highest BCUT2D eigenvalue weighted by Crippen LogP contribution is 2.22. The van der Waals surface area contributed by atoms with Gasteiger partial charge in [0.1, 0.15) is 0 Å². The van der Waals surface area contributed by atoms with Crippen molar-refractivity contribution in [3.63, 3.8) is 0 Å². The van der Waals surface area contributed by atoms with E-state index in [1.807, 2.05) is 16.0 Å². The van der Waals surface area contributed by atoms with Crippen molar-refractivity contribution in [2.24, 2.45) is 0 Å². The van der Waals surface area contributed by atoms with Gasteiger partial charge in [-0.1, -0.05) is 11.6 Å². The Hall–Kier alpha value is -0.660. The number of aliphatic hydroxyl groups is 1. The molecule has 0 bridgehead atoms. The summed E-state index contributed by atoms with van der Waals surface area (Å²) >= 11 is 7.70. The van der Waals surface area contributed by atoms with E-state index in [9.17, 15) is 0 Å². The topological polar surface area (TPSA) is 50.0 Å². The van der Waals surface area contributed by atoms with Crippen LogP contribution in [0.15, 0.2) is 11.6 Å². The first-order valence-electron chi connectivity index (χ1n) is 5.68. The minimum Gasteiger partial charge on any atom is -0.395 e. The lowest BCUT2D eigenvalue weighted by molar-refractivity contribution is 0.126. The van der Waals surface area contributed by atoms with Crippen LogP contribution in [0.5, 0.6) is 0 Å². The largest absolute Gasteiger partial charge is 0.395 e. The summed E-state index contributed by atoms with van der Waals surface area (Å²) in [5.41, 5.74) is 0.956. The average molecular weight is 290 g/mol. The van der Waals surface area contributed by atoms with E-state index in [1.165, 1.54) is 0 Å². The smallest absolute Gasteiger partial charge is 0.195 e. The molecule has 0 fully saturated rings. The Labute approximate surface area is 115 Å². The van der Waals surface area contributed by atoms with Crippen molar-refractivity contribution in [3.8, 4) is 0 Å². The molecule has 0 aliphatic heterocycles. The van der Waals surface area contributed by atoms with Gasteiger partial charge < -0.3 is 9.84 Å². The molecule has 2 aromatic heterocycles.